The summed E-state index contributed by atoms with van der Waals surface area (Å²) < 4.78 is 0. The summed E-state index contributed by atoms with van der Waals surface area (Å²) in [5, 5.41) is 15.7. The Kier molecular flexibility index (Phi) is 4.63. The molecule has 5 rings (SSSR count). The van der Waals surface area contributed by atoms with Crippen LogP contribution < -0.4 is 21.9 Å². The molecule has 0 aliphatic heterocycles. The third kappa shape index (κ3) is 3.29. The third-order valence-corrected chi connectivity index (χ3v) is 5.97. The van der Waals surface area contributed by atoms with Gasteiger partial charge in [-0.25, -0.2) is 10.1 Å². The molecule has 1 aliphatic rings. The molecule has 8 nitrogen and oxygen atoms in total. The van der Waals surface area contributed by atoms with E-state index in [1.807, 2.05) is 24.4 Å². The maximum absolute atomic E-state index is 12.6. The smallest absolute Gasteiger partial charge is 0.275 e. The second-order valence-electron chi connectivity index (χ2n) is 8.04. The van der Waals surface area contributed by atoms with E-state index >= 15 is 0 Å². The fourth-order valence-corrected chi connectivity index (χ4v) is 4.34. The highest BCUT2D eigenvalue weighted by atomic mass is 16.1. The topological polar surface area (TPSA) is 125 Å². The van der Waals surface area contributed by atoms with Crippen LogP contribution in [0.2, 0.25) is 0 Å². The first-order valence-electron chi connectivity index (χ1n) is 10.3. The first kappa shape index (κ1) is 18.6. The fraction of sp³-hybridized carbons (Fsp3) is 0.318. The Morgan fingerprint density at radius 3 is 2.97 bits per heavy atom. The Bertz CT molecular complexity index is 1280. The lowest BCUT2D eigenvalue weighted by Crippen LogP contribution is -2.42. The number of nitrogens with two attached hydrogens (primary N) is 1. The highest BCUT2D eigenvalue weighted by Crippen LogP contribution is 2.30. The minimum absolute atomic E-state index is 0.0978. The van der Waals surface area contributed by atoms with Gasteiger partial charge >= 0.3 is 0 Å². The molecule has 1 saturated carbocycles. The number of nitrogens with one attached hydrogen (secondary N) is 4. The molecule has 3 heterocycles. The number of aryl methyl sites for hydroxylation is 1. The highest BCUT2D eigenvalue weighted by Gasteiger charge is 2.22. The van der Waals surface area contributed by atoms with Crippen LogP contribution in [0.1, 0.15) is 31.2 Å². The lowest BCUT2D eigenvalue weighted by Gasteiger charge is -2.30. The number of aromatic amines is 2. The standard InChI is InChI=1S/C22H25N7O/c1-12-10-24-20-14(12)5-4-8-17(20)27-21-19-13(11-25-29-22(19)30)9-18(28-21)26-16-7-3-2-6-15(16)23/h4-5,8-11,15-16,24H,2-3,6-7,23H2,1H3,(H,29,30)(H2,26,27,28)/t15-,16+/m0/s1. The molecule has 154 valence electrons. The quantitative estimate of drug-likeness (QED) is 0.355. The van der Waals surface area contributed by atoms with Gasteiger partial charge in [-0.3, -0.25) is 4.79 Å². The van der Waals surface area contributed by atoms with Crippen LogP contribution in [-0.4, -0.2) is 32.2 Å². The van der Waals surface area contributed by atoms with E-state index in [1.165, 1.54) is 0 Å². The van der Waals surface area contributed by atoms with Gasteiger partial charge in [-0.05, 0) is 37.5 Å². The predicted octanol–water partition coefficient (Wildman–Crippen LogP) is 3.53. The van der Waals surface area contributed by atoms with Gasteiger partial charge in [0.1, 0.15) is 11.6 Å². The fourth-order valence-electron chi connectivity index (χ4n) is 4.34. The van der Waals surface area contributed by atoms with E-state index in [0.29, 0.717) is 17.0 Å². The van der Waals surface area contributed by atoms with Gasteiger partial charge in [0.25, 0.3) is 5.56 Å². The molecule has 0 amide bonds. The number of fused-ring (bicyclic) bond motifs is 2. The average molecular weight is 403 g/mol. The molecule has 3 aromatic heterocycles. The second kappa shape index (κ2) is 7.46. The van der Waals surface area contributed by atoms with Crippen molar-refractivity contribution in [1.82, 2.24) is 20.2 Å². The first-order valence-corrected chi connectivity index (χ1v) is 10.3. The van der Waals surface area contributed by atoms with E-state index in [4.69, 9.17) is 10.7 Å². The molecule has 1 fully saturated rings. The normalized spacial score (nSPS) is 19.3. The molecule has 6 N–H and O–H groups in total. The lowest BCUT2D eigenvalue weighted by atomic mass is 9.91. The number of aromatic nitrogens is 4. The molecule has 30 heavy (non-hydrogen) atoms. The molecule has 2 atom stereocenters. The van der Waals surface area contributed by atoms with Crippen molar-refractivity contribution in [3.63, 3.8) is 0 Å². The third-order valence-electron chi connectivity index (χ3n) is 5.97. The Morgan fingerprint density at radius 2 is 2.10 bits per heavy atom. The SMILES string of the molecule is Cc1c[nH]c2c(Nc3nc(N[C@@H]4CCCC[C@@H]4N)cc4cn[nH]c(=O)c34)cccc12. The van der Waals surface area contributed by atoms with E-state index in [9.17, 15) is 4.79 Å². The first-order chi connectivity index (χ1) is 14.6. The molecule has 1 aliphatic carbocycles. The summed E-state index contributed by atoms with van der Waals surface area (Å²) in [6.07, 6.45) is 7.95. The number of hydrogen-bond acceptors (Lipinski definition) is 6. The number of H-pyrrole nitrogens is 2. The maximum atomic E-state index is 12.6. The summed E-state index contributed by atoms with van der Waals surface area (Å²) in [7, 11) is 0. The lowest BCUT2D eigenvalue weighted by molar-refractivity contribution is 0.403. The van der Waals surface area contributed by atoms with Crippen molar-refractivity contribution in [1.29, 1.82) is 0 Å². The minimum atomic E-state index is -0.279. The molecule has 8 heteroatoms. The zero-order valence-corrected chi connectivity index (χ0v) is 16.8. The number of rotatable bonds is 4. The molecule has 4 aromatic rings. The van der Waals surface area contributed by atoms with Gasteiger partial charge in [0.2, 0.25) is 0 Å². The van der Waals surface area contributed by atoms with Gasteiger partial charge < -0.3 is 21.4 Å². The zero-order chi connectivity index (χ0) is 20.7. The van der Waals surface area contributed by atoms with E-state index < -0.39 is 0 Å². The largest absolute Gasteiger partial charge is 0.366 e. The average Bonchev–Trinajstić information content (AvgIpc) is 3.12. The van der Waals surface area contributed by atoms with Crippen LogP contribution in [0.5, 0.6) is 0 Å². The van der Waals surface area contributed by atoms with E-state index in [0.717, 1.165) is 53.2 Å². The van der Waals surface area contributed by atoms with Crippen LogP contribution in [0.15, 0.2) is 41.5 Å². The van der Waals surface area contributed by atoms with Crippen LogP contribution in [0.25, 0.3) is 21.7 Å². The van der Waals surface area contributed by atoms with Gasteiger partial charge in [0, 0.05) is 29.1 Å². The van der Waals surface area contributed by atoms with Crippen molar-refractivity contribution < 1.29 is 0 Å². The number of hydrogen-bond donors (Lipinski definition) is 5. The maximum Gasteiger partial charge on any atom is 0.275 e. The molecular weight excluding hydrogens is 378 g/mol. The number of pyridine rings is 1. The van der Waals surface area contributed by atoms with Crippen LogP contribution in [0.3, 0.4) is 0 Å². The Hall–Kier alpha value is -3.39. The van der Waals surface area contributed by atoms with Crippen molar-refractivity contribution in [2.45, 2.75) is 44.7 Å². The minimum Gasteiger partial charge on any atom is -0.366 e. The number of nitrogens with zero attached hydrogens (tertiary/aromatic N) is 2. The number of anilines is 3. The van der Waals surface area contributed by atoms with Crippen molar-refractivity contribution in [2.75, 3.05) is 10.6 Å². The van der Waals surface area contributed by atoms with Gasteiger partial charge in [-0.2, -0.15) is 5.10 Å². The molecule has 0 unspecified atom stereocenters. The van der Waals surface area contributed by atoms with Gasteiger partial charge in [0.15, 0.2) is 0 Å². The summed E-state index contributed by atoms with van der Waals surface area (Å²) in [5.74, 6) is 1.18. The Balaban J connectivity index is 1.59. The van der Waals surface area contributed by atoms with Crippen LogP contribution >= 0.6 is 0 Å². The van der Waals surface area contributed by atoms with Gasteiger partial charge in [-0.1, -0.05) is 25.0 Å². The van der Waals surface area contributed by atoms with E-state index in [-0.39, 0.29) is 17.6 Å². The summed E-state index contributed by atoms with van der Waals surface area (Å²) in [4.78, 5) is 20.6. The molecular formula is C22H25N7O. The zero-order valence-electron chi connectivity index (χ0n) is 16.8. The summed E-state index contributed by atoms with van der Waals surface area (Å²) in [6, 6.07) is 8.16. The summed E-state index contributed by atoms with van der Waals surface area (Å²) >= 11 is 0. The number of benzene rings is 1. The summed E-state index contributed by atoms with van der Waals surface area (Å²) in [5.41, 5.74) is 9.03. The van der Waals surface area contributed by atoms with Crippen LogP contribution in [0.4, 0.5) is 17.3 Å². The van der Waals surface area contributed by atoms with Gasteiger partial charge in [0.05, 0.1) is 22.8 Å². The van der Waals surface area contributed by atoms with Gasteiger partial charge in [-0.15, -0.1) is 0 Å². The molecule has 0 radical (unpaired) electrons. The van der Waals surface area contributed by atoms with Crippen LogP contribution in [-0.2, 0) is 0 Å². The summed E-state index contributed by atoms with van der Waals surface area (Å²) in [6.45, 7) is 2.06. The molecule has 1 aromatic carbocycles. The van der Waals surface area contributed by atoms with E-state index in [1.54, 1.807) is 6.20 Å². The molecule has 0 saturated heterocycles. The molecule has 0 spiro atoms. The highest BCUT2D eigenvalue weighted by molar-refractivity contribution is 5.99. The van der Waals surface area contributed by atoms with Crippen molar-refractivity contribution >= 4 is 39.0 Å². The predicted molar refractivity (Wildman–Crippen MR) is 120 cm³/mol. The van der Waals surface area contributed by atoms with Crippen molar-refractivity contribution in [3.8, 4) is 0 Å². The monoisotopic (exact) mass is 403 g/mol. The van der Waals surface area contributed by atoms with Crippen molar-refractivity contribution in [2.24, 2.45) is 5.73 Å². The molecule has 0 bridgehead atoms. The Labute approximate surface area is 173 Å². The van der Waals surface area contributed by atoms with E-state index in [2.05, 4.69) is 38.8 Å². The Morgan fingerprint density at radius 1 is 1.23 bits per heavy atom. The van der Waals surface area contributed by atoms with Crippen molar-refractivity contribution in [3.05, 3.63) is 52.6 Å². The van der Waals surface area contributed by atoms with Crippen LogP contribution in [0, 0.1) is 6.92 Å². The number of para-hydroxylation sites is 1. The second-order valence-corrected chi connectivity index (χ2v) is 8.04.